The fourth-order valence-corrected chi connectivity index (χ4v) is 4.62. The molecule has 0 unspecified atom stereocenters. The Morgan fingerprint density at radius 2 is 1.76 bits per heavy atom. The zero-order valence-corrected chi connectivity index (χ0v) is 17.5. The van der Waals surface area contributed by atoms with Gasteiger partial charge in [0.1, 0.15) is 5.82 Å². The van der Waals surface area contributed by atoms with E-state index in [9.17, 15) is 9.18 Å². The van der Waals surface area contributed by atoms with E-state index in [0.717, 1.165) is 42.9 Å². The van der Waals surface area contributed by atoms with Crippen molar-refractivity contribution in [2.45, 2.75) is 18.0 Å². The Balaban J connectivity index is 1.60. The summed E-state index contributed by atoms with van der Waals surface area (Å²) in [5.74, 6) is 0.446. The monoisotopic (exact) mass is 411 g/mol. The zero-order chi connectivity index (χ0) is 20.2. The number of halogens is 1. The maximum absolute atomic E-state index is 13.9. The zero-order valence-electron chi connectivity index (χ0n) is 16.7. The van der Waals surface area contributed by atoms with Gasteiger partial charge in [-0.2, -0.15) is 0 Å². The number of benzene rings is 2. The molecule has 0 atom stereocenters. The smallest absolute Gasteiger partial charge is 0.255 e. The second kappa shape index (κ2) is 9.11. The van der Waals surface area contributed by atoms with Crippen LogP contribution in [-0.2, 0) is 13.1 Å². The Morgan fingerprint density at radius 3 is 2.52 bits per heavy atom. The van der Waals surface area contributed by atoms with Gasteiger partial charge in [0.2, 0.25) is 0 Å². The highest BCUT2D eigenvalue weighted by molar-refractivity contribution is 7.99. The number of fused-ring (bicyclic) bond motifs is 1. The summed E-state index contributed by atoms with van der Waals surface area (Å²) in [6.07, 6.45) is 0. The summed E-state index contributed by atoms with van der Waals surface area (Å²) >= 11 is 1.71. The van der Waals surface area contributed by atoms with Gasteiger partial charge < -0.3 is 9.47 Å². The highest BCUT2D eigenvalue weighted by Crippen LogP contribution is 2.20. The van der Waals surface area contributed by atoms with Crippen LogP contribution in [0, 0.1) is 5.82 Å². The quantitative estimate of drug-likeness (QED) is 0.579. The SMILES string of the molecule is CN1CCN(Cc2cc3ccc(F)cc3n(CCSc3ccccc3)c2=O)CC1. The maximum atomic E-state index is 13.9. The lowest BCUT2D eigenvalue weighted by atomic mass is 10.1. The fourth-order valence-electron chi connectivity index (χ4n) is 3.76. The number of likely N-dealkylation sites (N-methyl/N-ethyl adjacent to an activating group) is 1. The van der Waals surface area contributed by atoms with Crippen molar-refractivity contribution in [3.63, 3.8) is 0 Å². The van der Waals surface area contributed by atoms with Crippen LogP contribution in [0.1, 0.15) is 5.56 Å². The molecule has 0 radical (unpaired) electrons. The predicted molar refractivity (Wildman–Crippen MR) is 118 cm³/mol. The van der Waals surface area contributed by atoms with E-state index in [2.05, 4.69) is 29.0 Å². The predicted octanol–water partition coefficient (Wildman–Crippen LogP) is 3.68. The molecule has 29 heavy (non-hydrogen) atoms. The van der Waals surface area contributed by atoms with Gasteiger partial charge in [-0.05, 0) is 48.8 Å². The van der Waals surface area contributed by atoms with Crippen LogP contribution in [0.5, 0.6) is 0 Å². The van der Waals surface area contributed by atoms with Gasteiger partial charge in [-0.15, -0.1) is 11.8 Å². The molecule has 1 aliphatic rings. The number of hydrogen-bond donors (Lipinski definition) is 0. The minimum Gasteiger partial charge on any atom is -0.307 e. The van der Waals surface area contributed by atoms with Crippen molar-refractivity contribution < 1.29 is 4.39 Å². The number of rotatable bonds is 6. The van der Waals surface area contributed by atoms with Crippen LogP contribution in [0.4, 0.5) is 4.39 Å². The molecule has 1 fully saturated rings. The lowest BCUT2D eigenvalue weighted by Crippen LogP contribution is -2.44. The Bertz CT molecular complexity index is 1030. The molecule has 4 rings (SSSR count). The van der Waals surface area contributed by atoms with Crippen LogP contribution in [0.25, 0.3) is 10.9 Å². The highest BCUT2D eigenvalue weighted by atomic mass is 32.2. The minimum absolute atomic E-state index is 0.00399. The molecule has 1 aliphatic heterocycles. The first-order chi connectivity index (χ1) is 14.1. The Labute approximate surface area is 174 Å². The van der Waals surface area contributed by atoms with Crippen LogP contribution in [-0.4, -0.2) is 53.3 Å². The standard InChI is InChI=1S/C23H26FN3OS/c1-25-9-11-26(12-10-25)17-19-15-18-7-8-20(24)16-22(18)27(23(19)28)13-14-29-21-5-3-2-4-6-21/h2-8,15-16H,9-14,17H2,1H3. The molecule has 6 heteroatoms. The molecule has 4 nitrogen and oxygen atoms in total. The molecule has 2 aromatic carbocycles. The first kappa shape index (κ1) is 20.1. The molecule has 0 N–H and O–H groups in total. The molecular formula is C23H26FN3OS. The van der Waals surface area contributed by atoms with Crippen LogP contribution in [0.3, 0.4) is 0 Å². The third-order valence-corrected chi connectivity index (χ3v) is 6.44. The number of hydrogen-bond acceptors (Lipinski definition) is 4. The molecule has 3 aromatic rings. The van der Waals surface area contributed by atoms with E-state index < -0.39 is 0 Å². The third kappa shape index (κ3) is 4.89. The molecule has 152 valence electrons. The van der Waals surface area contributed by atoms with Gasteiger partial charge in [-0.25, -0.2) is 4.39 Å². The van der Waals surface area contributed by atoms with E-state index in [4.69, 9.17) is 0 Å². The number of aromatic nitrogens is 1. The Kier molecular flexibility index (Phi) is 6.33. The average molecular weight is 412 g/mol. The summed E-state index contributed by atoms with van der Waals surface area (Å²) in [5.41, 5.74) is 1.46. The second-order valence-electron chi connectivity index (χ2n) is 7.57. The molecule has 0 aliphatic carbocycles. The maximum Gasteiger partial charge on any atom is 0.255 e. The summed E-state index contributed by atoms with van der Waals surface area (Å²) in [4.78, 5) is 19.1. The van der Waals surface area contributed by atoms with Crippen LogP contribution < -0.4 is 5.56 Å². The molecule has 0 spiro atoms. The number of piperazine rings is 1. The summed E-state index contributed by atoms with van der Waals surface area (Å²) in [6.45, 7) is 5.14. The van der Waals surface area contributed by atoms with E-state index in [-0.39, 0.29) is 11.4 Å². The van der Waals surface area contributed by atoms with Crippen molar-refractivity contribution in [2.24, 2.45) is 0 Å². The van der Waals surface area contributed by atoms with Gasteiger partial charge in [0.05, 0.1) is 5.52 Å². The number of aryl methyl sites for hydroxylation is 1. The molecule has 0 bridgehead atoms. The highest BCUT2D eigenvalue weighted by Gasteiger charge is 2.17. The topological polar surface area (TPSA) is 28.5 Å². The average Bonchev–Trinajstić information content (AvgIpc) is 2.73. The largest absolute Gasteiger partial charge is 0.307 e. The normalized spacial score (nSPS) is 15.8. The van der Waals surface area contributed by atoms with Crippen molar-refractivity contribution in [1.82, 2.24) is 14.4 Å². The van der Waals surface area contributed by atoms with Crippen molar-refractivity contribution in [3.8, 4) is 0 Å². The van der Waals surface area contributed by atoms with E-state index in [1.807, 2.05) is 24.3 Å². The lowest BCUT2D eigenvalue weighted by Gasteiger charge is -2.32. The molecule has 1 aromatic heterocycles. The molecule has 0 amide bonds. The number of nitrogens with zero attached hydrogens (tertiary/aromatic N) is 3. The first-order valence-corrected chi connectivity index (χ1v) is 11.0. The van der Waals surface area contributed by atoms with Gasteiger partial charge in [-0.3, -0.25) is 9.69 Å². The Hall–Kier alpha value is -2.15. The molecular weight excluding hydrogens is 385 g/mol. The van der Waals surface area contributed by atoms with Gasteiger partial charge in [0.15, 0.2) is 0 Å². The van der Waals surface area contributed by atoms with Gasteiger partial charge in [0, 0.05) is 55.5 Å². The molecule has 1 saturated heterocycles. The first-order valence-electron chi connectivity index (χ1n) is 10.0. The second-order valence-corrected chi connectivity index (χ2v) is 8.74. The van der Waals surface area contributed by atoms with Crippen LogP contribution in [0.15, 0.2) is 64.3 Å². The molecule has 0 saturated carbocycles. The lowest BCUT2D eigenvalue weighted by molar-refractivity contribution is 0.147. The summed E-state index contributed by atoms with van der Waals surface area (Å²) in [5, 5.41) is 0.917. The van der Waals surface area contributed by atoms with Crippen molar-refractivity contribution in [3.05, 3.63) is 76.3 Å². The van der Waals surface area contributed by atoms with Crippen molar-refractivity contribution in [2.75, 3.05) is 39.0 Å². The summed E-state index contributed by atoms with van der Waals surface area (Å²) < 4.78 is 15.7. The summed E-state index contributed by atoms with van der Waals surface area (Å²) in [7, 11) is 2.12. The van der Waals surface area contributed by atoms with E-state index in [0.29, 0.717) is 18.6 Å². The minimum atomic E-state index is -0.312. The van der Waals surface area contributed by atoms with Crippen molar-refractivity contribution >= 4 is 22.7 Å². The van der Waals surface area contributed by atoms with Gasteiger partial charge in [0.25, 0.3) is 5.56 Å². The Morgan fingerprint density at radius 1 is 1.00 bits per heavy atom. The fraction of sp³-hybridized carbons (Fsp3) is 0.348. The van der Waals surface area contributed by atoms with E-state index in [1.54, 1.807) is 22.4 Å². The van der Waals surface area contributed by atoms with Crippen LogP contribution >= 0.6 is 11.8 Å². The van der Waals surface area contributed by atoms with Gasteiger partial charge in [-0.1, -0.05) is 18.2 Å². The van der Waals surface area contributed by atoms with Crippen molar-refractivity contribution in [1.29, 1.82) is 0 Å². The van der Waals surface area contributed by atoms with E-state index >= 15 is 0 Å². The molecule has 2 heterocycles. The number of pyridine rings is 1. The third-order valence-electron chi connectivity index (χ3n) is 5.45. The van der Waals surface area contributed by atoms with E-state index in [1.165, 1.54) is 17.0 Å². The van der Waals surface area contributed by atoms with Gasteiger partial charge >= 0.3 is 0 Å². The summed E-state index contributed by atoms with van der Waals surface area (Å²) in [6, 6.07) is 16.8. The number of thioether (sulfide) groups is 1. The van der Waals surface area contributed by atoms with Crippen LogP contribution in [0.2, 0.25) is 0 Å².